The van der Waals surface area contributed by atoms with Gasteiger partial charge in [-0.1, -0.05) is 0 Å². The summed E-state index contributed by atoms with van der Waals surface area (Å²) < 4.78 is 0. The van der Waals surface area contributed by atoms with Crippen LogP contribution in [0.5, 0.6) is 0 Å². The van der Waals surface area contributed by atoms with Crippen molar-refractivity contribution >= 4 is 0 Å². The van der Waals surface area contributed by atoms with Crippen molar-refractivity contribution in [2.45, 2.75) is 69.7 Å². The SMILES string of the molecule is CC1CC(NC2CCCC(O)C2)CCN1C. The van der Waals surface area contributed by atoms with Crippen molar-refractivity contribution in [2.24, 2.45) is 0 Å². The van der Waals surface area contributed by atoms with E-state index >= 15 is 0 Å². The van der Waals surface area contributed by atoms with E-state index in [-0.39, 0.29) is 6.10 Å². The molecule has 16 heavy (non-hydrogen) atoms. The number of aliphatic hydroxyl groups is 1. The number of hydrogen-bond donors (Lipinski definition) is 2. The quantitative estimate of drug-likeness (QED) is 0.746. The van der Waals surface area contributed by atoms with Crippen LogP contribution < -0.4 is 5.32 Å². The topological polar surface area (TPSA) is 35.5 Å². The van der Waals surface area contributed by atoms with Gasteiger partial charge < -0.3 is 15.3 Å². The van der Waals surface area contributed by atoms with E-state index in [4.69, 9.17) is 0 Å². The number of nitrogens with one attached hydrogen (secondary N) is 1. The molecule has 1 saturated heterocycles. The van der Waals surface area contributed by atoms with Gasteiger partial charge in [-0.2, -0.15) is 0 Å². The maximum Gasteiger partial charge on any atom is 0.0555 e. The summed E-state index contributed by atoms with van der Waals surface area (Å²) in [5.74, 6) is 0. The molecule has 0 bridgehead atoms. The highest BCUT2D eigenvalue weighted by atomic mass is 16.3. The van der Waals surface area contributed by atoms with Crippen molar-refractivity contribution < 1.29 is 5.11 Å². The minimum Gasteiger partial charge on any atom is -0.393 e. The smallest absolute Gasteiger partial charge is 0.0555 e. The molecule has 0 aromatic rings. The average Bonchev–Trinajstić information content (AvgIpc) is 2.24. The van der Waals surface area contributed by atoms with Crippen LogP contribution in [0, 0.1) is 0 Å². The largest absolute Gasteiger partial charge is 0.393 e. The van der Waals surface area contributed by atoms with Crippen LogP contribution in [0.25, 0.3) is 0 Å². The van der Waals surface area contributed by atoms with Crippen molar-refractivity contribution in [3.8, 4) is 0 Å². The molecule has 1 heterocycles. The summed E-state index contributed by atoms with van der Waals surface area (Å²) in [6.45, 7) is 3.51. The van der Waals surface area contributed by atoms with E-state index in [2.05, 4.69) is 24.2 Å². The van der Waals surface area contributed by atoms with Crippen LogP contribution in [0.15, 0.2) is 0 Å². The minimum atomic E-state index is -0.0602. The molecular formula is C13H26N2O. The van der Waals surface area contributed by atoms with Crippen LogP contribution in [0.1, 0.15) is 45.4 Å². The Morgan fingerprint density at radius 3 is 2.56 bits per heavy atom. The zero-order valence-electron chi connectivity index (χ0n) is 10.7. The summed E-state index contributed by atoms with van der Waals surface area (Å²) in [6.07, 6.45) is 6.84. The Hall–Kier alpha value is -0.120. The third-order valence-electron chi connectivity index (χ3n) is 4.33. The molecule has 2 fully saturated rings. The van der Waals surface area contributed by atoms with Gasteiger partial charge in [0.25, 0.3) is 0 Å². The summed E-state index contributed by atoms with van der Waals surface area (Å²) in [7, 11) is 2.21. The second-order valence-corrected chi connectivity index (χ2v) is 5.73. The van der Waals surface area contributed by atoms with Crippen molar-refractivity contribution in [2.75, 3.05) is 13.6 Å². The van der Waals surface area contributed by atoms with Crippen LogP contribution in [0.4, 0.5) is 0 Å². The highest BCUT2D eigenvalue weighted by Gasteiger charge is 2.26. The van der Waals surface area contributed by atoms with E-state index in [0.717, 1.165) is 12.8 Å². The zero-order chi connectivity index (χ0) is 11.5. The lowest BCUT2D eigenvalue weighted by Gasteiger charge is -2.38. The second-order valence-electron chi connectivity index (χ2n) is 5.73. The summed E-state index contributed by atoms with van der Waals surface area (Å²) >= 11 is 0. The monoisotopic (exact) mass is 226 g/mol. The number of nitrogens with zero attached hydrogens (tertiary/aromatic N) is 1. The number of hydrogen-bond acceptors (Lipinski definition) is 3. The van der Waals surface area contributed by atoms with Gasteiger partial charge in [0.2, 0.25) is 0 Å². The molecule has 0 amide bonds. The van der Waals surface area contributed by atoms with Crippen LogP contribution in [-0.2, 0) is 0 Å². The van der Waals surface area contributed by atoms with Gasteiger partial charge in [0.1, 0.15) is 0 Å². The van der Waals surface area contributed by atoms with Crippen LogP contribution in [0.3, 0.4) is 0 Å². The van der Waals surface area contributed by atoms with E-state index in [1.165, 1.54) is 32.2 Å². The fourth-order valence-corrected chi connectivity index (χ4v) is 3.09. The highest BCUT2D eigenvalue weighted by Crippen LogP contribution is 2.22. The number of piperidine rings is 1. The fourth-order valence-electron chi connectivity index (χ4n) is 3.09. The lowest BCUT2D eigenvalue weighted by Crippen LogP contribution is -2.49. The molecule has 94 valence electrons. The summed E-state index contributed by atoms with van der Waals surface area (Å²) in [6, 6.07) is 1.92. The molecule has 1 aliphatic carbocycles. The second kappa shape index (κ2) is 5.48. The van der Waals surface area contributed by atoms with Gasteiger partial charge in [-0.3, -0.25) is 0 Å². The third kappa shape index (κ3) is 3.19. The Balaban J connectivity index is 1.76. The molecule has 0 radical (unpaired) electrons. The van der Waals surface area contributed by atoms with Crippen molar-refractivity contribution in [3.05, 3.63) is 0 Å². The predicted molar refractivity (Wildman–Crippen MR) is 66.5 cm³/mol. The van der Waals surface area contributed by atoms with Crippen LogP contribution in [-0.4, -0.2) is 47.8 Å². The molecule has 1 aliphatic heterocycles. The predicted octanol–water partition coefficient (Wildman–Crippen LogP) is 1.36. The number of likely N-dealkylation sites (tertiary alicyclic amines) is 1. The third-order valence-corrected chi connectivity index (χ3v) is 4.33. The van der Waals surface area contributed by atoms with E-state index in [1.54, 1.807) is 0 Å². The maximum absolute atomic E-state index is 9.65. The zero-order valence-corrected chi connectivity index (χ0v) is 10.7. The van der Waals surface area contributed by atoms with Gasteiger partial charge in [0.15, 0.2) is 0 Å². The first kappa shape index (κ1) is 12.3. The molecule has 2 aliphatic rings. The van der Waals surface area contributed by atoms with E-state index in [9.17, 15) is 5.11 Å². The van der Waals surface area contributed by atoms with Crippen LogP contribution in [0.2, 0.25) is 0 Å². The minimum absolute atomic E-state index is 0.0602. The molecule has 2 rings (SSSR count). The highest BCUT2D eigenvalue weighted by molar-refractivity contribution is 4.86. The molecule has 0 spiro atoms. The number of aliphatic hydroxyl groups excluding tert-OH is 1. The molecule has 0 aromatic heterocycles. The molecule has 1 saturated carbocycles. The van der Waals surface area contributed by atoms with Gasteiger partial charge in [-0.25, -0.2) is 0 Å². The average molecular weight is 226 g/mol. The Morgan fingerprint density at radius 2 is 1.88 bits per heavy atom. The summed E-state index contributed by atoms with van der Waals surface area (Å²) in [4.78, 5) is 2.44. The molecular weight excluding hydrogens is 200 g/mol. The summed E-state index contributed by atoms with van der Waals surface area (Å²) in [5.41, 5.74) is 0. The van der Waals surface area contributed by atoms with Crippen molar-refractivity contribution in [3.63, 3.8) is 0 Å². The normalized spacial score (nSPS) is 42.2. The Morgan fingerprint density at radius 1 is 1.12 bits per heavy atom. The van der Waals surface area contributed by atoms with Gasteiger partial charge in [-0.05, 0) is 59.0 Å². The number of rotatable bonds is 2. The molecule has 2 N–H and O–H groups in total. The lowest BCUT2D eigenvalue weighted by atomic mass is 9.90. The van der Waals surface area contributed by atoms with E-state index in [0.29, 0.717) is 18.1 Å². The molecule has 3 nitrogen and oxygen atoms in total. The first-order valence-electron chi connectivity index (χ1n) is 6.79. The van der Waals surface area contributed by atoms with Crippen LogP contribution >= 0.6 is 0 Å². The van der Waals surface area contributed by atoms with Gasteiger partial charge in [-0.15, -0.1) is 0 Å². The molecule has 4 atom stereocenters. The Kier molecular flexibility index (Phi) is 4.22. The van der Waals surface area contributed by atoms with Gasteiger partial charge >= 0.3 is 0 Å². The fraction of sp³-hybridized carbons (Fsp3) is 1.00. The lowest BCUT2D eigenvalue weighted by molar-refractivity contribution is 0.0981. The standard InChI is InChI=1S/C13H26N2O/c1-10-8-12(6-7-15(10)2)14-11-4-3-5-13(16)9-11/h10-14,16H,3-9H2,1-2H3. The summed E-state index contributed by atoms with van der Waals surface area (Å²) in [5, 5.41) is 13.4. The molecule has 4 unspecified atom stereocenters. The van der Waals surface area contributed by atoms with E-state index in [1.807, 2.05) is 0 Å². The Bertz CT molecular complexity index is 222. The van der Waals surface area contributed by atoms with E-state index < -0.39 is 0 Å². The first-order chi connectivity index (χ1) is 7.65. The van der Waals surface area contributed by atoms with Gasteiger partial charge in [0.05, 0.1) is 6.10 Å². The van der Waals surface area contributed by atoms with Crippen molar-refractivity contribution in [1.82, 2.24) is 10.2 Å². The first-order valence-corrected chi connectivity index (χ1v) is 6.79. The van der Waals surface area contributed by atoms with Crippen molar-refractivity contribution in [1.29, 1.82) is 0 Å². The molecule has 0 aromatic carbocycles. The van der Waals surface area contributed by atoms with Gasteiger partial charge in [0, 0.05) is 18.1 Å². The maximum atomic E-state index is 9.65. The molecule has 3 heteroatoms. The Labute approximate surface area is 99.2 Å².